The molecule has 2 aromatic rings. The number of aromatic nitrogens is 4. The van der Waals surface area contributed by atoms with E-state index in [0.29, 0.717) is 17.6 Å². The number of imidazole rings is 1. The molecular formula is C23H33N5O5. The highest BCUT2D eigenvalue weighted by molar-refractivity contribution is 5.82. The molecule has 2 fully saturated rings. The Balaban J connectivity index is 1.44. The molecule has 0 aromatic carbocycles. The van der Waals surface area contributed by atoms with Gasteiger partial charge >= 0.3 is 0 Å². The smallest absolute Gasteiger partial charge is 0.208 e. The average molecular weight is 460 g/mol. The summed E-state index contributed by atoms with van der Waals surface area (Å²) in [7, 11) is 0. The second-order valence-corrected chi connectivity index (χ2v) is 9.13. The van der Waals surface area contributed by atoms with Crippen LogP contribution in [0.25, 0.3) is 11.2 Å². The summed E-state index contributed by atoms with van der Waals surface area (Å²) in [5, 5.41) is 40.6. The molecule has 10 heteroatoms. The van der Waals surface area contributed by atoms with Gasteiger partial charge in [-0.25, -0.2) is 15.0 Å². The number of fused-ring (bicyclic) bond motifs is 1. The zero-order valence-electron chi connectivity index (χ0n) is 18.7. The van der Waals surface area contributed by atoms with E-state index >= 15 is 0 Å². The highest BCUT2D eigenvalue weighted by atomic mass is 16.6. The lowest BCUT2D eigenvalue weighted by molar-refractivity contribution is -0.0511. The number of nitrogen functional groups attached to an aromatic ring is 1. The molecule has 33 heavy (non-hydrogen) atoms. The summed E-state index contributed by atoms with van der Waals surface area (Å²) >= 11 is 0. The van der Waals surface area contributed by atoms with Gasteiger partial charge in [0.05, 0.1) is 18.5 Å². The highest BCUT2D eigenvalue weighted by Crippen LogP contribution is 2.32. The quantitative estimate of drug-likeness (QED) is 0.325. The zero-order chi connectivity index (χ0) is 23.4. The minimum Gasteiger partial charge on any atom is -0.394 e. The predicted molar refractivity (Wildman–Crippen MR) is 121 cm³/mol. The van der Waals surface area contributed by atoms with E-state index in [4.69, 9.17) is 10.5 Å². The molecule has 2 aliphatic rings. The third-order valence-corrected chi connectivity index (χ3v) is 6.67. The van der Waals surface area contributed by atoms with Crippen molar-refractivity contribution < 1.29 is 25.2 Å². The van der Waals surface area contributed by atoms with E-state index in [2.05, 4.69) is 26.8 Å². The Bertz CT molecular complexity index is 1010. The fourth-order valence-electron chi connectivity index (χ4n) is 4.75. The number of anilines is 1. The van der Waals surface area contributed by atoms with Crippen LogP contribution in [-0.2, 0) is 4.74 Å². The Morgan fingerprint density at radius 2 is 1.85 bits per heavy atom. The van der Waals surface area contributed by atoms with Crippen LogP contribution in [0.5, 0.6) is 0 Å². The van der Waals surface area contributed by atoms with Crippen molar-refractivity contribution in [2.75, 3.05) is 12.3 Å². The third-order valence-electron chi connectivity index (χ3n) is 6.67. The van der Waals surface area contributed by atoms with Crippen molar-refractivity contribution >= 4 is 17.0 Å². The van der Waals surface area contributed by atoms with Crippen molar-refractivity contribution in [3.05, 3.63) is 12.2 Å². The van der Waals surface area contributed by atoms with Crippen LogP contribution < -0.4 is 5.73 Å². The lowest BCUT2D eigenvalue weighted by atomic mass is 9.83. The normalized spacial score (nSPS) is 27.6. The monoisotopic (exact) mass is 459 g/mol. The molecule has 4 rings (SSSR count). The standard InChI is InChI=1S/C23H33N5O5/c24-20-17-21(28(14-25-17)22-19(31)18(30)15(13-29)33-22)27-16(26-20)9-5-4-8-12-23(32)10-6-2-1-3-7-11-23/h14-15,18-19,22,29-32H,1-4,6-8,10-13H2,(H2,24,26,27)/t15-,18?,19?,22-/m1/s1. The molecule has 2 aromatic heterocycles. The van der Waals surface area contributed by atoms with Crippen LogP contribution in [0.4, 0.5) is 5.82 Å². The van der Waals surface area contributed by atoms with E-state index in [0.717, 1.165) is 38.5 Å². The summed E-state index contributed by atoms with van der Waals surface area (Å²) in [6.45, 7) is -0.426. The third kappa shape index (κ3) is 5.28. The van der Waals surface area contributed by atoms with Gasteiger partial charge in [0.25, 0.3) is 0 Å². The highest BCUT2D eigenvalue weighted by Gasteiger charge is 2.44. The number of hydrogen-bond acceptors (Lipinski definition) is 9. The average Bonchev–Trinajstić information content (AvgIpc) is 3.32. The number of aliphatic hydroxyl groups excluding tert-OH is 3. The molecule has 10 nitrogen and oxygen atoms in total. The summed E-state index contributed by atoms with van der Waals surface area (Å²) in [4.78, 5) is 12.8. The molecule has 2 unspecified atom stereocenters. The van der Waals surface area contributed by atoms with Gasteiger partial charge in [0.15, 0.2) is 17.7 Å². The van der Waals surface area contributed by atoms with Crippen molar-refractivity contribution in [1.82, 2.24) is 19.5 Å². The maximum Gasteiger partial charge on any atom is 0.208 e. The fraction of sp³-hybridized carbons (Fsp3) is 0.696. The number of aliphatic hydroxyl groups is 4. The van der Waals surface area contributed by atoms with Crippen LogP contribution in [0.1, 0.15) is 76.3 Å². The second kappa shape index (κ2) is 10.3. The van der Waals surface area contributed by atoms with Gasteiger partial charge in [0.1, 0.15) is 23.8 Å². The van der Waals surface area contributed by atoms with E-state index in [9.17, 15) is 20.4 Å². The van der Waals surface area contributed by atoms with Crippen LogP contribution in [-0.4, -0.2) is 70.5 Å². The number of hydrogen-bond donors (Lipinski definition) is 5. The Morgan fingerprint density at radius 1 is 1.12 bits per heavy atom. The van der Waals surface area contributed by atoms with E-state index < -0.39 is 36.7 Å². The molecule has 4 atom stereocenters. The van der Waals surface area contributed by atoms with Crippen molar-refractivity contribution in [3.8, 4) is 11.8 Å². The Kier molecular flexibility index (Phi) is 7.46. The van der Waals surface area contributed by atoms with Gasteiger partial charge < -0.3 is 30.9 Å². The lowest BCUT2D eigenvalue weighted by Crippen LogP contribution is -2.33. The SMILES string of the molecule is Nc1nc(C#CCCCC2(O)CCCCCCC2)nc2c1ncn2[C@@H]1O[C@H](CO)C(O)C1O. The molecule has 6 N–H and O–H groups in total. The van der Waals surface area contributed by atoms with Crippen LogP contribution >= 0.6 is 0 Å². The van der Waals surface area contributed by atoms with Gasteiger partial charge in [-0.1, -0.05) is 38.0 Å². The topological polar surface area (TPSA) is 160 Å². The molecule has 0 radical (unpaired) electrons. The Morgan fingerprint density at radius 3 is 2.55 bits per heavy atom. The van der Waals surface area contributed by atoms with Gasteiger partial charge in [-0.2, -0.15) is 0 Å². The van der Waals surface area contributed by atoms with E-state index in [-0.39, 0.29) is 11.6 Å². The van der Waals surface area contributed by atoms with Crippen LogP contribution in [0.3, 0.4) is 0 Å². The van der Waals surface area contributed by atoms with E-state index in [1.165, 1.54) is 30.2 Å². The van der Waals surface area contributed by atoms with Crippen molar-refractivity contribution in [3.63, 3.8) is 0 Å². The molecule has 0 spiro atoms. The first-order valence-electron chi connectivity index (χ1n) is 11.8. The first-order valence-corrected chi connectivity index (χ1v) is 11.8. The number of ether oxygens (including phenoxy) is 1. The van der Waals surface area contributed by atoms with Gasteiger partial charge in [-0.3, -0.25) is 4.57 Å². The summed E-state index contributed by atoms with van der Waals surface area (Å²) in [6.07, 6.45) is 6.72. The number of nitrogens with zero attached hydrogens (tertiary/aromatic N) is 4. The lowest BCUT2D eigenvalue weighted by Gasteiger charge is -2.30. The zero-order valence-corrected chi connectivity index (χ0v) is 18.7. The molecule has 0 amide bonds. The Hall–Kier alpha value is -2.29. The molecule has 3 heterocycles. The first-order chi connectivity index (χ1) is 15.9. The van der Waals surface area contributed by atoms with Gasteiger partial charge in [-0.05, 0) is 31.6 Å². The minimum absolute atomic E-state index is 0.152. The molecule has 0 bridgehead atoms. The minimum atomic E-state index is -1.26. The van der Waals surface area contributed by atoms with Crippen molar-refractivity contribution in [1.29, 1.82) is 0 Å². The Labute approximate surface area is 192 Å². The predicted octanol–water partition coefficient (Wildman–Crippen LogP) is 1.02. The number of nitrogens with two attached hydrogens (primary N) is 1. The number of rotatable bonds is 5. The van der Waals surface area contributed by atoms with Crippen molar-refractivity contribution in [2.45, 2.75) is 94.3 Å². The number of unbranched alkanes of at least 4 members (excludes halogenated alkanes) is 1. The van der Waals surface area contributed by atoms with E-state index in [1.54, 1.807) is 0 Å². The van der Waals surface area contributed by atoms with Crippen LogP contribution in [0, 0.1) is 11.8 Å². The second-order valence-electron chi connectivity index (χ2n) is 9.13. The summed E-state index contributed by atoms with van der Waals surface area (Å²) in [5.41, 5.74) is 6.12. The molecule has 1 saturated carbocycles. The largest absolute Gasteiger partial charge is 0.394 e. The van der Waals surface area contributed by atoms with Gasteiger partial charge in [0.2, 0.25) is 5.82 Å². The summed E-state index contributed by atoms with van der Waals surface area (Å²) in [6, 6.07) is 0. The molecule has 1 aliphatic carbocycles. The van der Waals surface area contributed by atoms with Gasteiger partial charge in [0, 0.05) is 6.42 Å². The molecule has 180 valence electrons. The molecular weight excluding hydrogens is 426 g/mol. The fourth-order valence-corrected chi connectivity index (χ4v) is 4.75. The van der Waals surface area contributed by atoms with Gasteiger partial charge in [-0.15, -0.1) is 0 Å². The van der Waals surface area contributed by atoms with Crippen LogP contribution in [0.15, 0.2) is 6.33 Å². The molecule has 1 saturated heterocycles. The van der Waals surface area contributed by atoms with Crippen molar-refractivity contribution in [2.24, 2.45) is 0 Å². The van der Waals surface area contributed by atoms with E-state index in [1.807, 2.05) is 0 Å². The first kappa shape index (κ1) is 23.9. The van der Waals surface area contributed by atoms with Crippen LogP contribution in [0.2, 0.25) is 0 Å². The molecule has 1 aliphatic heterocycles. The maximum atomic E-state index is 10.9. The summed E-state index contributed by atoms with van der Waals surface area (Å²) < 4.78 is 7.04. The summed E-state index contributed by atoms with van der Waals surface area (Å²) in [5.74, 6) is 6.37. The maximum absolute atomic E-state index is 10.9.